The molecule has 3 aromatic rings. The summed E-state index contributed by atoms with van der Waals surface area (Å²) in [7, 11) is 0. The predicted molar refractivity (Wildman–Crippen MR) is 144 cm³/mol. The lowest BCUT2D eigenvalue weighted by Gasteiger charge is -2.34. The average Bonchev–Trinajstić information content (AvgIpc) is 3.29. The molecular weight excluding hydrogens is 509 g/mol. The van der Waals surface area contributed by atoms with Crippen LogP contribution in [-0.4, -0.2) is 28.1 Å². The number of dihydropyridines is 1. The zero-order valence-electron chi connectivity index (χ0n) is 20.7. The molecule has 2 aliphatic rings. The Bertz CT molecular complexity index is 1440. The van der Waals surface area contributed by atoms with Gasteiger partial charge >= 0.3 is 5.97 Å². The van der Waals surface area contributed by atoms with Crippen LogP contribution in [0.15, 0.2) is 77.3 Å². The molecule has 0 bridgehead atoms. The van der Waals surface area contributed by atoms with Gasteiger partial charge in [-0.2, -0.15) is 5.10 Å². The van der Waals surface area contributed by atoms with Crippen LogP contribution in [0.1, 0.15) is 50.2 Å². The van der Waals surface area contributed by atoms with E-state index in [0.717, 1.165) is 35.2 Å². The van der Waals surface area contributed by atoms with Crippen molar-refractivity contribution in [2.24, 2.45) is 0 Å². The number of benzene rings is 2. The Balaban J connectivity index is 1.70. The maximum absolute atomic E-state index is 13.3. The second kappa shape index (κ2) is 10.6. The van der Waals surface area contributed by atoms with Crippen LogP contribution in [0.5, 0.6) is 0 Å². The van der Waals surface area contributed by atoms with Crippen molar-refractivity contribution in [2.45, 2.75) is 45.6 Å². The summed E-state index contributed by atoms with van der Waals surface area (Å²) in [4.78, 5) is 26.6. The molecule has 2 heterocycles. The number of hydrogen-bond acceptors (Lipinski definition) is 5. The summed E-state index contributed by atoms with van der Waals surface area (Å²) in [6, 6.07) is 15.2. The smallest absolute Gasteiger partial charge is 0.336 e. The number of Topliss-reactive ketones (excluding diaryl/α,β-unsaturated/α-hetero) is 1. The van der Waals surface area contributed by atoms with Gasteiger partial charge in [-0.05, 0) is 44.4 Å². The van der Waals surface area contributed by atoms with Crippen LogP contribution >= 0.6 is 23.2 Å². The van der Waals surface area contributed by atoms with Gasteiger partial charge in [0.05, 0.1) is 30.3 Å². The van der Waals surface area contributed by atoms with Gasteiger partial charge in [-0.3, -0.25) is 9.48 Å². The van der Waals surface area contributed by atoms with E-state index >= 15 is 0 Å². The molecule has 1 aliphatic heterocycles. The molecule has 1 aromatic heterocycles. The molecule has 1 aliphatic carbocycles. The second-order valence-electron chi connectivity index (χ2n) is 9.22. The molecule has 0 amide bonds. The average molecular weight is 536 g/mol. The monoisotopic (exact) mass is 535 g/mol. The summed E-state index contributed by atoms with van der Waals surface area (Å²) in [5.41, 5.74) is 5.88. The fraction of sp³-hybridized carbons (Fsp3) is 0.276. The molecule has 0 saturated heterocycles. The van der Waals surface area contributed by atoms with Gasteiger partial charge in [-0.25, -0.2) is 4.79 Å². The van der Waals surface area contributed by atoms with Gasteiger partial charge in [0.2, 0.25) is 0 Å². The highest BCUT2D eigenvalue weighted by molar-refractivity contribution is 6.35. The third kappa shape index (κ3) is 4.96. The number of nitrogens with one attached hydrogen (secondary N) is 1. The van der Waals surface area contributed by atoms with Crippen molar-refractivity contribution in [2.75, 3.05) is 6.61 Å². The van der Waals surface area contributed by atoms with Crippen LogP contribution in [0, 0.1) is 0 Å². The fourth-order valence-corrected chi connectivity index (χ4v) is 5.62. The maximum Gasteiger partial charge on any atom is 0.336 e. The Morgan fingerprint density at radius 2 is 1.95 bits per heavy atom. The number of aromatic nitrogens is 2. The second-order valence-corrected chi connectivity index (χ2v) is 10.1. The zero-order valence-corrected chi connectivity index (χ0v) is 22.2. The van der Waals surface area contributed by atoms with Gasteiger partial charge < -0.3 is 10.1 Å². The van der Waals surface area contributed by atoms with Crippen molar-refractivity contribution in [1.29, 1.82) is 0 Å². The number of hydrogen-bond donors (Lipinski definition) is 1. The van der Waals surface area contributed by atoms with E-state index in [1.165, 1.54) is 0 Å². The predicted octanol–water partition coefficient (Wildman–Crippen LogP) is 6.44. The van der Waals surface area contributed by atoms with Crippen molar-refractivity contribution in [3.8, 4) is 11.3 Å². The van der Waals surface area contributed by atoms with Crippen LogP contribution in [0.2, 0.25) is 10.0 Å². The number of allylic oxidation sites excluding steroid dienone is 3. The Hall–Kier alpha value is -3.35. The number of ether oxygens (including phenoxy) is 1. The van der Waals surface area contributed by atoms with Crippen LogP contribution in [0.4, 0.5) is 0 Å². The Morgan fingerprint density at radius 1 is 1.16 bits per heavy atom. The number of ketones is 1. The maximum atomic E-state index is 13.3. The molecule has 190 valence electrons. The Kier molecular flexibility index (Phi) is 7.22. The van der Waals surface area contributed by atoms with Crippen LogP contribution < -0.4 is 5.32 Å². The first-order valence-corrected chi connectivity index (χ1v) is 13.1. The van der Waals surface area contributed by atoms with E-state index in [0.29, 0.717) is 45.5 Å². The molecule has 2 aromatic carbocycles. The highest BCUT2D eigenvalue weighted by Crippen LogP contribution is 2.45. The lowest BCUT2D eigenvalue weighted by atomic mass is 9.75. The molecule has 0 radical (unpaired) electrons. The Morgan fingerprint density at radius 3 is 2.68 bits per heavy atom. The third-order valence-electron chi connectivity index (χ3n) is 6.77. The molecular formula is C29H27Cl2N3O3. The van der Waals surface area contributed by atoms with Crippen LogP contribution in [0.3, 0.4) is 0 Å². The molecule has 0 saturated carbocycles. The van der Waals surface area contributed by atoms with E-state index in [2.05, 4.69) is 5.32 Å². The first-order chi connectivity index (χ1) is 17.9. The van der Waals surface area contributed by atoms with Crippen molar-refractivity contribution in [1.82, 2.24) is 15.1 Å². The normalized spacial score (nSPS) is 17.5. The fourth-order valence-electron chi connectivity index (χ4n) is 5.15. The van der Waals surface area contributed by atoms with Crippen molar-refractivity contribution < 1.29 is 14.3 Å². The lowest BCUT2D eigenvalue weighted by Crippen LogP contribution is -2.34. The van der Waals surface area contributed by atoms with E-state index in [-0.39, 0.29) is 12.4 Å². The third-order valence-corrected chi connectivity index (χ3v) is 7.35. The summed E-state index contributed by atoms with van der Waals surface area (Å²) in [5, 5.41) is 9.38. The molecule has 1 N–H and O–H groups in total. The zero-order chi connectivity index (χ0) is 26.1. The molecule has 6 nitrogen and oxygen atoms in total. The van der Waals surface area contributed by atoms with Gasteiger partial charge in [-0.15, -0.1) is 0 Å². The number of nitrogens with zero attached hydrogens (tertiary/aromatic N) is 2. The summed E-state index contributed by atoms with van der Waals surface area (Å²) in [6.07, 6.45) is 3.89. The van der Waals surface area contributed by atoms with Gasteiger partial charge in [0, 0.05) is 50.8 Å². The summed E-state index contributed by atoms with van der Waals surface area (Å²) in [6.45, 7) is 4.28. The summed E-state index contributed by atoms with van der Waals surface area (Å²) >= 11 is 12.6. The SMILES string of the molecule is CCOC(=O)C1=C(C)NC2=C(C(=O)CCC2)[C@H]1c1cn(Cc2ccc(Cl)cc2Cl)nc1-c1ccccc1. The number of halogens is 2. The van der Waals surface area contributed by atoms with E-state index in [1.807, 2.05) is 49.5 Å². The molecule has 1 atom stereocenters. The van der Waals surface area contributed by atoms with E-state index in [1.54, 1.807) is 23.7 Å². The molecule has 37 heavy (non-hydrogen) atoms. The minimum Gasteiger partial charge on any atom is -0.463 e. The summed E-state index contributed by atoms with van der Waals surface area (Å²) in [5.74, 6) is -0.983. The quantitative estimate of drug-likeness (QED) is 0.368. The van der Waals surface area contributed by atoms with Crippen molar-refractivity contribution in [3.05, 3.63) is 98.4 Å². The molecule has 0 unspecified atom stereocenters. The van der Waals surface area contributed by atoms with Gasteiger partial charge in [0.1, 0.15) is 0 Å². The van der Waals surface area contributed by atoms with E-state index in [9.17, 15) is 9.59 Å². The first-order valence-electron chi connectivity index (χ1n) is 12.3. The van der Waals surface area contributed by atoms with E-state index in [4.69, 9.17) is 33.0 Å². The summed E-state index contributed by atoms with van der Waals surface area (Å²) < 4.78 is 7.27. The van der Waals surface area contributed by atoms with Crippen molar-refractivity contribution >= 4 is 35.0 Å². The van der Waals surface area contributed by atoms with Gasteiger partial charge in [-0.1, -0.05) is 59.6 Å². The molecule has 5 rings (SSSR count). The first kappa shape index (κ1) is 25.3. The largest absolute Gasteiger partial charge is 0.463 e. The number of carbonyl (C=O) groups excluding carboxylic acids is 2. The van der Waals surface area contributed by atoms with Crippen LogP contribution in [-0.2, 0) is 20.9 Å². The minimum atomic E-state index is -0.590. The molecule has 0 spiro atoms. The van der Waals surface area contributed by atoms with Crippen LogP contribution in [0.25, 0.3) is 11.3 Å². The Labute approximate surface area is 225 Å². The highest BCUT2D eigenvalue weighted by Gasteiger charge is 2.41. The lowest BCUT2D eigenvalue weighted by molar-refractivity contribution is -0.138. The van der Waals surface area contributed by atoms with Gasteiger partial charge in [0.25, 0.3) is 0 Å². The highest BCUT2D eigenvalue weighted by atomic mass is 35.5. The van der Waals surface area contributed by atoms with E-state index < -0.39 is 11.9 Å². The number of esters is 1. The van der Waals surface area contributed by atoms with Gasteiger partial charge in [0.15, 0.2) is 5.78 Å². The topological polar surface area (TPSA) is 73.2 Å². The van der Waals surface area contributed by atoms with Crippen molar-refractivity contribution in [3.63, 3.8) is 0 Å². The number of carbonyl (C=O) groups is 2. The molecule has 0 fully saturated rings. The minimum absolute atomic E-state index is 0.0422. The molecule has 8 heteroatoms. The standard InChI is InChI=1S/C29H27Cl2N3O3/c1-3-37-29(36)25-17(2)32-23-10-7-11-24(35)27(23)26(25)21-16-34(15-19-12-13-20(30)14-22(19)31)33-28(21)18-8-5-4-6-9-18/h4-6,8-9,12-14,16,26,32H,3,7,10-11,15H2,1-2H3/t26-/m0/s1. The number of rotatable bonds is 6.